The number of rotatable bonds is 6. The lowest BCUT2D eigenvalue weighted by Gasteiger charge is -2.08. The summed E-state index contributed by atoms with van der Waals surface area (Å²) in [7, 11) is 0. The Morgan fingerprint density at radius 2 is 2.24 bits per heavy atom. The van der Waals surface area contributed by atoms with Gasteiger partial charge in [0.25, 0.3) is 0 Å². The molecule has 0 spiro atoms. The van der Waals surface area contributed by atoms with Crippen molar-refractivity contribution in [2.24, 2.45) is 0 Å². The van der Waals surface area contributed by atoms with Crippen molar-refractivity contribution in [3.05, 3.63) is 53.7 Å². The fourth-order valence-electron chi connectivity index (χ4n) is 1.78. The molecule has 1 unspecified atom stereocenters. The number of carbonyl (C=O) groups is 1. The van der Waals surface area contributed by atoms with Gasteiger partial charge in [0.05, 0.1) is 12.7 Å². The zero-order valence-corrected chi connectivity index (χ0v) is 11.0. The van der Waals surface area contributed by atoms with Gasteiger partial charge in [0.15, 0.2) is 0 Å². The first-order valence-corrected chi connectivity index (χ1v) is 6.21. The first kappa shape index (κ1) is 14.6. The number of carboxylic acid groups (broad SMARTS) is 1. The number of nitrogens with zero attached hydrogens (tertiary/aromatic N) is 1. The lowest BCUT2D eigenvalue weighted by molar-refractivity contribution is 0.0660. The highest BCUT2D eigenvalue weighted by atomic mass is 19.1. The summed E-state index contributed by atoms with van der Waals surface area (Å²) in [5.41, 5.74) is 0. The van der Waals surface area contributed by atoms with Crippen LogP contribution < -0.4 is 4.74 Å². The van der Waals surface area contributed by atoms with Crippen LogP contribution in [-0.4, -0.2) is 17.7 Å². The Bertz CT molecular complexity index is 674. The number of hydrogen-bond donors (Lipinski definition) is 1. The zero-order chi connectivity index (χ0) is 15.2. The summed E-state index contributed by atoms with van der Waals surface area (Å²) in [6.45, 7) is 0.185. The van der Waals surface area contributed by atoms with Gasteiger partial charge in [-0.25, -0.2) is 9.18 Å². The van der Waals surface area contributed by atoms with Crippen LogP contribution in [0.2, 0.25) is 0 Å². The lowest BCUT2D eigenvalue weighted by atomic mass is 10.1. The summed E-state index contributed by atoms with van der Waals surface area (Å²) in [5, 5.41) is 17.9. The van der Waals surface area contributed by atoms with Gasteiger partial charge in [0.2, 0.25) is 5.76 Å². The second-order valence-electron chi connectivity index (χ2n) is 4.28. The van der Waals surface area contributed by atoms with Gasteiger partial charge in [-0.1, -0.05) is 6.07 Å². The number of ether oxygens (including phenoxy) is 1. The predicted molar refractivity (Wildman–Crippen MR) is 70.5 cm³/mol. The number of benzene rings is 1. The summed E-state index contributed by atoms with van der Waals surface area (Å²) >= 11 is 0. The average Bonchev–Trinajstić information content (AvgIpc) is 2.93. The number of furan rings is 1. The van der Waals surface area contributed by atoms with E-state index < -0.39 is 17.7 Å². The van der Waals surface area contributed by atoms with Crippen LogP contribution >= 0.6 is 0 Å². The molecule has 108 valence electrons. The van der Waals surface area contributed by atoms with Crippen molar-refractivity contribution in [3.63, 3.8) is 0 Å². The van der Waals surface area contributed by atoms with Crippen LogP contribution in [-0.2, 0) is 0 Å². The maximum atomic E-state index is 13.0. The van der Waals surface area contributed by atoms with E-state index in [1.54, 1.807) is 6.07 Å². The first-order chi connectivity index (χ1) is 10.1. The Labute approximate surface area is 120 Å². The fourth-order valence-corrected chi connectivity index (χ4v) is 1.78. The molecule has 5 nitrogen and oxygen atoms in total. The molecule has 0 radical (unpaired) electrons. The molecule has 1 aromatic carbocycles. The van der Waals surface area contributed by atoms with Crippen molar-refractivity contribution in [3.8, 4) is 11.8 Å². The number of nitriles is 1. The Kier molecular flexibility index (Phi) is 4.57. The van der Waals surface area contributed by atoms with Crippen LogP contribution in [0.15, 0.2) is 40.8 Å². The summed E-state index contributed by atoms with van der Waals surface area (Å²) < 4.78 is 23.4. The van der Waals surface area contributed by atoms with Crippen LogP contribution in [0.25, 0.3) is 0 Å². The molecule has 1 aromatic heterocycles. The molecule has 6 heteroatoms. The van der Waals surface area contributed by atoms with Gasteiger partial charge in [-0.15, -0.1) is 0 Å². The highest BCUT2D eigenvalue weighted by Gasteiger charge is 2.17. The van der Waals surface area contributed by atoms with Gasteiger partial charge in [-0.2, -0.15) is 5.26 Å². The summed E-state index contributed by atoms with van der Waals surface area (Å²) in [4.78, 5) is 10.7. The van der Waals surface area contributed by atoms with E-state index in [0.717, 1.165) is 0 Å². The highest BCUT2D eigenvalue weighted by Crippen LogP contribution is 2.22. The van der Waals surface area contributed by atoms with Crippen molar-refractivity contribution >= 4 is 5.97 Å². The van der Waals surface area contributed by atoms with Crippen molar-refractivity contribution in [1.29, 1.82) is 5.26 Å². The van der Waals surface area contributed by atoms with E-state index in [0.29, 0.717) is 12.2 Å². The summed E-state index contributed by atoms with van der Waals surface area (Å²) in [6, 6.07) is 10.5. The van der Waals surface area contributed by atoms with E-state index >= 15 is 0 Å². The molecule has 1 heterocycles. The molecule has 2 rings (SSSR count). The largest absolute Gasteiger partial charge is 0.493 e. The van der Waals surface area contributed by atoms with Crippen molar-refractivity contribution in [1.82, 2.24) is 0 Å². The minimum atomic E-state index is -1.19. The normalized spacial score (nSPS) is 11.6. The van der Waals surface area contributed by atoms with E-state index in [2.05, 4.69) is 0 Å². The minimum Gasteiger partial charge on any atom is -0.493 e. The maximum absolute atomic E-state index is 13.0. The molecule has 0 amide bonds. The third kappa shape index (κ3) is 3.83. The zero-order valence-electron chi connectivity index (χ0n) is 11.0. The Morgan fingerprint density at radius 3 is 2.86 bits per heavy atom. The first-order valence-electron chi connectivity index (χ1n) is 6.21. The highest BCUT2D eigenvalue weighted by molar-refractivity contribution is 5.84. The fraction of sp³-hybridized carbons (Fsp3) is 0.200. The Hall–Kier alpha value is -2.81. The van der Waals surface area contributed by atoms with Gasteiger partial charge < -0.3 is 14.3 Å². The quantitative estimate of drug-likeness (QED) is 0.882. The number of carboxylic acids is 1. The second kappa shape index (κ2) is 6.57. The van der Waals surface area contributed by atoms with Crippen LogP contribution in [0, 0.1) is 17.1 Å². The van der Waals surface area contributed by atoms with Crippen LogP contribution in [0.1, 0.15) is 28.7 Å². The Balaban J connectivity index is 1.93. The molecule has 1 N–H and O–H groups in total. The number of halogens is 1. The molecule has 0 saturated heterocycles. The molecular formula is C15H12FNO4. The van der Waals surface area contributed by atoms with Gasteiger partial charge in [0, 0.05) is 12.5 Å². The van der Waals surface area contributed by atoms with E-state index in [9.17, 15) is 9.18 Å². The average molecular weight is 289 g/mol. The molecule has 2 aromatic rings. The van der Waals surface area contributed by atoms with Crippen molar-refractivity contribution in [2.45, 2.75) is 12.3 Å². The molecule has 0 aliphatic heterocycles. The molecular weight excluding hydrogens is 277 g/mol. The second-order valence-corrected chi connectivity index (χ2v) is 4.28. The third-order valence-electron chi connectivity index (χ3n) is 2.81. The smallest absolute Gasteiger partial charge is 0.371 e. The standard InChI is InChI=1S/C15H12FNO4/c16-11-2-1-3-12(8-11)20-7-6-10(9-17)13-4-5-14(21-13)15(18)19/h1-5,8,10H,6-7H2,(H,18,19). The molecule has 21 heavy (non-hydrogen) atoms. The van der Waals surface area contributed by atoms with Gasteiger partial charge in [-0.3, -0.25) is 0 Å². The third-order valence-corrected chi connectivity index (χ3v) is 2.81. The Morgan fingerprint density at radius 1 is 1.43 bits per heavy atom. The monoisotopic (exact) mass is 289 g/mol. The molecule has 0 saturated carbocycles. The van der Waals surface area contributed by atoms with E-state index in [-0.39, 0.29) is 18.1 Å². The molecule has 0 aliphatic carbocycles. The van der Waals surface area contributed by atoms with Crippen molar-refractivity contribution in [2.75, 3.05) is 6.61 Å². The van der Waals surface area contributed by atoms with Gasteiger partial charge in [0.1, 0.15) is 23.2 Å². The van der Waals surface area contributed by atoms with Crippen LogP contribution in [0.5, 0.6) is 5.75 Å². The summed E-state index contributed by atoms with van der Waals surface area (Å²) in [6.07, 6.45) is 0.305. The molecule has 1 atom stereocenters. The predicted octanol–water partition coefficient (Wildman–Crippen LogP) is 3.19. The van der Waals surface area contributed by atoms with E-state index in [4.69, 9.17) is 19.5 Å². The van der Waals surface area contributed by atoms with Gasteiger partial charge >= 0.3 is 5.97 Å². The lowest BCUT2D eigenvalue weighted by Crippen LogP contribution is -2.04. The van der Waals surface area contributed by atoms with Crippen LogP contribution in [0.3, 0.4) is 0 Å². The van der Waals surface area contributed by atoms with E-state index in [1.165, 1.54) is 30.3 Å². The van der Waals surface area contributed by atoms with Crippen LogP contribution in [0.4, 0.5) is 4.39 Å². The minimum absolute atomic E-state index is 0.185. The SMILES string of the molecule is N#CC(CCOc1cccc(F)c1)c1ccc(C(=O)O)o1. The number of aromatic carboxylic acids is 1. The topological polar surface area (TPSA) is 83.5 Å². The molecule has 0 fully saturated rings. The summed E-state index contributed by atoms with van der Waals surface area (Å²) in [5.74, 6) is -1.77. The van der Waals surface area contributed by atoms with Crippen molar-refractivity contribution < 1.29 is 23.4 Å². The molecule has 0 aliphatic rings. The van der Waals surface area contributed by atoms with E-state index in [1.807, 2.05) is 6.07 Å². The number of hydrogen-bond acceptors (Lipinski definition) is 4. The molecule has 0 bridgehead atoms. The van der Waals surface area contributed by atoms with Gasteiger partial charge in [-0.05, 0) is 24.3 Å². The maximum Gasteiger partial charge on any atom is 0.371 e.